The van der Waals surface area contributed by atoms with E-state index in [1.165, 1.54) is 4.68 Å². The molecule has 0 aliphatic carbocycles. The van der Waals surface area contributed by atoms with E-state index in [9.17, 15) is 4.79 Å². The molecule has 2 aromatic heterocycles. The summed E-state index contributed by atoms with van der Waals surface area (Å²) in [5, 5.41) is 7.33. The molecule has 6 heteroatoms. The Bertz CT molecular complexity index is 597. The molecule has 0 aromatic carbocycles. The second kappa shape index (κ2) is 6.33. The van der Waals surface area contributed by atoms with Crippen molar-refractivity contribution in [3.63, 3.8) is 0 Å². The van der Waals surface area contributed by atoms with E-state index in [1.807, 2.05) is 25.3 Å². The van der Waals surface area contributed by atoms with Gasteiger partial charge in [-0.15, -0.1) is 0 Å². The van der Waals surface area contributed by atoms with E-state index >= 15 is 0 Å². The molecule has 19 heavy (non-hydrogen) atoms. The molecular formula is C13H15ClN4O. The van der Waals surface area contributed by atoms with Crippen LogP contribution >= 0.6 is 11.6 Å². The molecular weight excluding hydrogens is 264 g/mol. The van der Waals surface area contributed by atoms with Gasteiger partial charge < -0.3 is 5.32 Å². The van der Waals surface area contributed by atoms with Crippen LogP contribution in [0.5, 0.6) is 0 Å². The molecule has 0 bridgehead atoms. The Morgan fingerprint density at radius 3 is 2.95 bits per heavy atom. The third kappa shape index (κ3) is 3.32. The zero-order chi connectivity index (χ0) is 13.7. The van der Waals surface area contributed by atoms with Crippen LogP contribution in [0.4, 0.5) is 5.69 Å². The fraction of sp³-hybridized carbons (Fsp3) is 0.308. The summed E-state index contributed by atoms with van der Waals surface area (Å²) in [7, 11) is 0. The normalized spacial score (nSPS) is 10.4. The van der Waals surface area contributed by atoms with Gasteiger partial charge in [-0.25, -0.2) is 4.68 Å². The first-order chi connectivity index (χ1) is 9.22. The molecule has 5 nitrogen and oxygen atoms in total. The highest BCUT2D eigenvalue weighted by Gasteiger charge is 2.07. The van der Waals surface area contributed by atoms with Crippen LogP contribution in [0, 0.1) is 0 Å². The topological polar surface area (TPSA) is 59.8 Å². The number of pyridine rings is 1. The summed E-state index contributed by atoms with van der Waals surface area (Å²) in [5.74, 6) is 0. The van der Waals surface area contributed by atoms with Gasteiger partial charge in [0.15, 0.2) is 0 Å². The van der Waals surface area contributed by atoms with E-state index in [4.69, 9.17) is 11.6 Å². The molecule has 0 unspecified atom stereocenters. The molecule has 0 amide bonds. The van der Waals surface area contributed by atoms with Crippen LogP contribution in [-0.2, 0) is 13.0 Å². The second-order valence-corrected chi connectivity index (χ2v) is 4.41. The van der Waals surface area contributed by atoms with Gasteiger partial charge in [0.05, 0.1) is 11.9 Å². The number of aromatic nitrogens is 3. The molecule has 0 spiro atoms. The van der Waals surface area contributed by atoms with Gasteiger partial charge in [0.1, 0.15) is 5.02 Å². The number of hydrogen-bond donors (Lipinski definition) is 1. The van der Waals surface area contributed by atoms with Crippen molar-refractivity contribution in [2.75, 3.05) is 11.9 Å². The minimum absolute atomic E-state index is 0.183. The third-order valence-corrected chi connectivity index (χ3v) is 3.10. The van der Waals surface area contributed by atoms with Crippen LogP contribution in [0.15, 0.2) is 35.5 Å². The van der Waals surface area contributed by atoms with Gasteiger partial charge in [-0.05, 0) is 25.0 Å². The van der Waals surface area contributed by atoms with Gasteiger partial charge in [0, 0.05) is 25.5 Å². The lowest BCUT2D eigenvalue weighted by Crippen LogP contribution is -2.23. The van der Waals surface area contributed by atoms with E-state index in [2.05, 4.69) is 15.4 Å². The van der Waals surface area contributed by atoms with Crippen LogP contribution < -0.4 is 10.9 Å². The average Bonchev–Trinajstić information content (AvgIpc) is 2.45. The number of aryl methyl sites for hydroxylation is 1. The maximum absolute atomic E-state index is 11.8. The molecule has 0 fully saturated rings. The molecule has 0 saturated carbocycles. The minimum Gasteiger partial charge on any atom is -0.382 e. The Morgan fingerprint density at radius 2 is 2.26 bits per heavy atom. The van der Waals surface area contributed by atoms with Gasteiger partial charge in [0.2, 0.25) is 0 Å². The SMILES string of the molecule is CCn1ncc(NCCc2cccnc2)c(Cl)c1=O. The zero-order valence-corrected chi connectivity index (χ0v) is 11.4. The summed E-state index contributed by atoms with van der Waals surface area (Å²) in [6, 6.07) is 3.90. The van der Waals surface area contributed by atoms with Crippen molar-refractivity contribution in [2.45, 2.75) is 19.9 Å². The highest BCUT2D eigenvalue weighted by molar-refractivity contribution is 6.32. The number of nitrogens with one attached hydrogen (secondary N) is 1. The summed E-state index contributed by atoms with van der Waals surface area (Å²) in [6.07, 6.45) is 5.94. The van der Waals surface area contributed by atoms with E-state index < -0.39 is 0 Å². The summed E-state index contributed by atoms with van der Waals surface area (Å²) < 4.78 is 1.33. The highest BCUT2D eigenvalue weighted by Crippen LogP contribution is 2.15. The van der Waals surface area contributed by atoms with Crippen molar-refractivity contribution in [2.24, 2.45) is 0 Å². The van der Waals surface area contributed by atoms with Crippen molar-refractivity contribution in [1.82, 2.24) is 14.8 Å². The molecule has 100 valence electrons. The van der Waals surface area contributed by atoms with Crippen molar-refractivity contribution >= 4 is 17.3 Å². The van der Waals surface area contributed by atoms with Crippen molar-refractivity contribution in [1.29, 1.82) is 0 Å². The fourth-order valence-corrected chi connectivity index (χ4v) is 1.91. The fourth-order valence-electron chi connectivity index (χ4n) is 1.70. The van der Waals surface area contributed by atoms with E-state index in [0.717, 1.165) is 12.0 Å². The molecule has 0 atom stereocenters. The van der Waals surface area contributed by atoms with E-state index in [-0.39, 0.29) is 10.6 Å². The Labute approximate surface area is 116 Å². The van der Waals surface area contributed by atoms with Gasteiger partial charge in [-0.3, -0.25) is 9.78 Å². The van der Waals surface area contributed by atoms with Crippen molar-refractivity contribution in [3.8, 4) is 0 Å². The quantitative estimate of drug-likeness (QED) is 0.908. The predicted octanol–water partition coefficient (Wildman–Crippen LogP) is 1.97. The van der Waals surface area contributed by atoms with E-state index in [1.54, 1.807) is 12.4 Å². The predicted molar refractivity (Wildman–Crippen MR) is 75.6 cm³/mol. The van der Waals surface area contributed by atoms with Crippen LogP contribution in [0.2, 0.25) is 5.02 Å². The number of hydrogen-bond acceptors (Lipinski definition) is 4. The number of rotatable bonds is 5. The molecule has 0 radical (unpaired) electrons. The van der Waals surface area contributed by atoms with Crippen LogP contribution in [0.1, 0.15) is 12.5 Å². The largest absolute Gasteiger partial charge is 0.382 e. The maximum Gasteiger partial charge on any atom is 0.287 e. The van der Waals surface area contributed by atoms with Crippen molar-refractivity contribution < 1.29 is 0 Å². The third-order valence-electron chi connectivity index (χ3n) is 2.74. The second-order valence-electron chi connectivity index (χ2n) is 4.03. The summed E-state index contributed by atoms with van der Waals surface area (Å²) in [5.41, 5.74) is 1.43. The van der Waals surface area contributed by atoms with Crippen LogP contribution in [0.25, 0.3) is 0 Å². The molecule has 0 aliphatic rings. The van der Waals surface area contributed by atoms with Crippen molar-refractivity contribution in [3.05, 3.63) is 51.7 Å². The Hall–Kier alpha value is -1.88. The lowest BCUT2D eigenvalue weighted by atomic mass is 10.2. The highest BCUT2D eigenvalue weighted by atomic mass is 35.5. The Kier molecular flexibility index (Phi) is 4.52. The lowest BCUT2D eigenvalue weighted by Gasteiger charge is -2.09. The van der Waals surface area contributed by atoms with Gasteiger partial charge in [-0.1, -0.05) is 17.7 Å². The molecule has 1 N–H and O–H groups in total. The number of anilines is 1. The number of halogens is 1. The molecule has 0 saturated heterocycles. The lowest BCUT2D eigenvalue weighted by molar-refractivity contribution is 0.616. The average molecular weight is 279 g/mol. The Morgan fingerprint density at radius 1 is 1.42 bits per heavy atom. The van der Waals surface area contributed by atoms with Crippen LogP contribution in [0.3, 0.4) is 0 Å². The summed E-state index contributed by atoms with van der Waals surface area (Å²) in [4.78, 5) is 15.8. The standard InChI is InChI=1S/C13H15ClN4O/c1-2-18-13(19)12(14)11(9-17-18)16-7-5-10-4-3-6-15-8-10/h3-4,6,8-9,16H,2,5,7H2,1H3. The minimum atomic E-state index is -0.268. The maximum atomic E-state index is 11.8. The van der Waals surface area contributed by atoms with Gasteiger partial charge >= 0.3 is 0 Å². The number of nitrogens with zero attached hydrogens (tertiary/aromatic N) is 3. The zero-order valence-electron chi connectivity index (χ0n) is 10.6. The summed E-state index contributed by atoms with van der Waals surface area (Å²) in [6.45, 7) is 3.03. The monoisotopic (exact) mass is 278 g/mol. The Balaban J connectivity index is 2.01. The first-order valence-corrected chi connectivity index (χ1v) is 6.48. The van der Waals surface area contributed by atoms with Crippen LogP contribution in [-0.4, -0.2) is 21.3 Å². The molecule has 0 aliphatic heterocycles. The first-order valence-electron chi connectivity index (χ1n) is 6.10. The van der Waals surface area contributed by atoms with Gasteiger partial charge in [-0.2, -0.15) is 5.10 Å². The molecule has 2 rings (SSSR count). The summed E-state index contributed by atoms with van der Waals surface area (Å²) >= 11 is 6.01. The van der Waals surface area contributed by atoms with E-state index in [0.29, 0.717) is 18.8 Å². The smallest absolute Gasteiger partial charge is 0.287 e. The molecule has 2 aromatic rings. The molecule has 2 heterocycles. The first kappa shape index (κ1) is 13.5. The van der Waals surface area contributed by atoms with Gasteiger partial charge in [0.25, 0.3) is 5.56 Å².